The molecule has 0 saturated carbocycles. The normalized spacial score (nSPS) is 16.4. The van der Waals surface area contributed by atoms with Crippen molar-refractivity contribution >= 4 is 46.8 Å². The van der Waals surface area contributed by atoms with Gasteiger partial charge in [0.2, 0.25) is 18.2 Å². The van der Waals surface area contributed by atoms with Crippen LogP contribution in [0, 0.1) is 0 Å². The van der Waals surface area contributed by atoms with E-state index in [-0.39, 0.29) is 35.6 Å². The molecule has 198 valence electrons. The Balaban J connectivity index is 1.53. The zero-order chi connectivity index (χ0) is 27.2. The summed E-state index contributed by atoms with van der Waals surface area (Å²) in [6, 6.07) is 14.8. The number of hydrogen-bond donors (Lipinski definition) is 2. The Bertz CT molecular complexity index is 1330. The number of esters is 1. The van der Waals surface area contributed by atoms with E-state index in [4.69, 9.17) is 32.7 Å². The van der Waals surface area contributed by atoms with E-state index in [9.17, 15) is 14.7 Å². The highest BCUT2D eigenvalue weighted by atomic mass is 35.5. The molecule has 0 bridgehead atoms. The van der Waals surface area contributed by atoms with E-state index in [0.717, 1.165) is 5.56 Å². The predicted octanol–water partition coefficient (Wildman–Crippen LogP) is 5.17. The number of hydrogen-bond acceptors (Lipinski definition) is 7. The van der Waals surface area contributed by atoms with Crippen molar-refractivity contribution in [2.75, 3.05) is 13.2 Å². The molecule has 1 aliphatic rings. The molecule has 1 aliphatic heterocycles. The van der Waals surface area contributed by atoms with Crippen LogP contribution in [0.1, 0.15) is 29.8 Å². The monoisotopic (exact) mass is 557 g/mol. The standard InChI is InChI=1S/C26H25Cl2N5O5/c1-3-32-25(35)31-24(33(26(32)36)15-16-5-7-18(27)8-6-16)30-19-9-11-20(12-10-19)38-22-21(28)13-17(14-29-22)23(34)37-4-2/h5-14,26,36H,3-4,15H2,1-2H3,(H,30,31,35). The lowest BCUT2D eigenvalue weighted by atomic mass is 10.2. The minimum Gasteiger partial charge on any atom is -0.462 e. The molecule has 0 spiro atoms. The molecule has 2 N–H and O–H groups in total. The smallest absolute Gasteiger partial charge is 0.339 e. The van der Waals surface area contributed by atoms with Crippen LogP contribution >= 0.6 is 23.2 Å². The number of guanidine groups is 1. The molecule has 0 aliphatic carbocycles. The van der Waals surface area contributed by atoms with Gasteiger partial charge in [0.15, 0.2) is 0 Å². The second-order valence-corrected chi connectivity index (χ2v) is 8.92. The number of aromatic nitrogens is 1. The summed E-state index contributed by atoms with van der Waals surface area (Å²) in [5.74, 6) is 0.212. The van der Waals surface area contributed by atoms with E-state index in [2.05, 4.69) is 15.3 Å². The molecular weight excluding hydrogens is 533 g/mol. The van der Waals surface area contributed by atoms with Crippen molar-refractivity contribution in [1.29, 1.82) is 0 Å². The number of rotatable bonds is 8. The Labute approximate surface area is 229 Å². The van der Waals surface area contributed by atoms with Gasteiger partial charge < -0.3 is 14.6 Å². The molecule has 12 heteroatoms. The molecule has 1 unspecified atom stereocenters. The van der Waals surface area contributed by atoms with E-state index in [1.807, 2.05) is 12.1 Å². The van der Waals surface area contributed by atoms with Crippen molar-refractivity contribution in [3.8, 4) is 11.6 Å². The maximum Gasteiger partial charge on any atom is 0.339 e. The number of aliphatic hydroxyl groups is 1. The average molecular weight is 558 g/mol. The molecule has 2 heterocycles. The van der Waals surface area contributed by atoms with Gasteiger partial charge in [-0.05, 0) is 61.9 Å². The maximum atomic E-state index is 12.5. The molecule has 1 saturated heterocycles. The molecule has 3 aromatic rings. The van der Waals surface area contributed by atoms with Crippen LogP contribution in [0.5, 0.6) is 11.6 Å². The van der Waals surface area contributed by atoms with Crippen molar-refractivity contribution in [2.24, 2.45) is 4.99 Å². The first-order chi connectivity index (χ1) is 18.3. The third-order valence-corrected chi connectivity index (χ3v) is 6.04. The van der Waals surface area contributed by atoms with E-state index < -0.39 is 18.4 Å². The Morgan fingerprint density at radius 1 is 1.11 bits per heavy atom. The lowest BCUT2D eigenvalue weighted by molar-refractivity contribution is -0.0670. The van der Waals surface area contributed by atoms with Gasteiger partial charge in [0.05, 0.1) is 24.4 Å². The first-order valence-electron chi connectivity index (χ1n) is 11.7. The second kappa shape index (κ2) is 12.1. The number of ether oxygens (including phenoxy) is 2. The zero-order valence-electron chi connectivity index (χ0n) is 20.6. The number of carbonyl (C=O) groups excluding carboxylic acids is 2. The Kier molecular flexibility index (Phi) is 8.67. The molecule has 2 amide bonds. The first kappa shape index (κ1) is 27.2. The summed E-state index contributed by atoms with van der Waals surface area (Å²) in [5.41, 5.74) is 1.59. The van der Waals surface area contributed by atoms with Crippen molar-refractivity contribution in [1.82, 2.24) is 20.1 Å². The van der Waals surface area contributed by atoms with Gasteiger partial charge in [-0.25, -0.2) is 19.6 Å². The Morgan fingerprint density at radius 3 is 2.45 bits per heavy atom. The van der Waals surface area contributed by atoms with Crippen LogP contribution < -0.4 is 10.1 Å². The van der Waals surface area contributed by atoms with E-state index in [1.54, 1.807) is 55.1 Å². The largest absolute Gasteiger partial charge is 0.462 e. The summed E-state index contributed by atoms with van der Waals surface area (Å²) in [6.07, 6.45) is 0.113. The van der Waals surface area contributed by atoms with Crippen LogP contribution in [0.4, 0.5) is 10.5 Å². The fourth-order valence-corrected chi connectivity index (χ4v) is 3.94. The number of halogens is 2. The van der Waals surface area contributed by atoms with Crippen molar-refractivity contribution in [3.63, 3.8) is 0 Å². The van der Waals surface area contributed by atoms with E-state index in [0.29, 0.717) is 23.0 Å². The van der Waals surface area contributed by atoms with Gasteiger partial charge >= 0.3 is 12.0 Å². The number of carbonyl (C=O) groups is 2. The van der Waals surface area contributed by atoms with Gasteiger partial charge in [0, 0.05) is 17.8 Å². The Hall–Kier alpha value is -3.86. The van der Waals surface area contributed by atoms with Gasteiger partial charge in [0.25, 0.3) is 0 Å². The summed E-state index contributed by atoms with van der Waals surface area (Å²) in [6.45, 7) is 4.31. The van der Waals surface area contributed by atoms with E-state index in [1.165, 1.54) is 17.2 Å². The minimum absolute atomic E-state index is 0.121. The van der Waals surface area contributed by atoms with Gasteiger partial charge in [0.1, 0.15) is 10.8 Å². The molecule has 1 aromatic heterocycles. The molecule has 1 atom stereocenters. The van der Waals surface area contributed by atoms with Crippen LogP contribution in [-0.2, 0) is 11.3 Å². The van der Waals surface area contributed by atoms with Gasteiger partial charge in [-0.2, -0.15) is 0 Å². The summed E-state index contributed by atoms with van der Waals surface area (Å²) in [5, 5.41) is 14.4. The topological polar surface area (TPSA) is 117 Å². The number of pyridine rings is 1. The van der Waals surface area contributed by atoms with Crippen molar-refractivity contribution in [3.05, 3.63) is 82.0 Å². The number of aliphatic hydroxyl groups excluding tert-OH is 1. The first-order valence-corrected chi connectivity index (χ1v) is 12.5. The Morgan fingerprint density at radius 2 is 1.82 bits per heavy atom. The molecule has 38 heavy (non-hydrogen) atoms. The molecule has 0 radical (unpaired) electrons. The highest BCUT2D eigenvalue weighted by molar-refractivity contribution is 6.32. The second-order valence-electron chi connectivity index (χ2n) is 8.08. The quantitative estimate of drug-likeness (QED) is 0.367. The van der Waals surface area contributed by atoms with Crippen LogP contribution in [0.2, 0.25) is 10.0 Å². The summed E-state index contributed by atoms with van der Waals surface area (Å²) in [7, 11) is 0. The van der Waals surface area contributed by atoms with Gasteiger partial charge in [-0.15, -0.1) is 0 Å². The molecule has 1 fully saturated rings. The number of benzene rings is 2. The fraction of sp³-hybridized carbons (Fsp3) is 0.231. The molecular formula is C26H25Cl2N5O5. The summed E-state index contributed by atoms with van der Waals surface area (Å²) >= 11 is 12.2. The number of amides is 2. The summed E-state index contributed by atoms with van der Waals surface area (Å²) < 4.78 is 10.7. The van der Waals surface area contributed by atoms with Crippen LogP contribution in [-0.4, -0.2) is 57.4 Å². The van der Waals surface area contributed by atoms with Crippen LogP contribution in [0.15, 0.2) is 65.8 Å². The molecule has 4 rings (SSSR count). The number of aliphatic imine (C=N–C) groups is 1. The lowest BCUT2D eigenvalue weighted by Gasteiger charge is -2.41. The van der Waals surface area contributed by atoms with Crippen molar-refractivity contribution < 1.29 is 24.2 Å². The third-order valence-electron chi connectivity index (χ3n) is 5.52. The summed E-state index contributed by atoms with van der Waals surface area (Å²) in [4.78, 5) is 35.9. The third kappa shape index (κ3) is 6.34. The van der Waals surface area contributed by atoms with Crippen LogP contribution in [0.25, 0.3) is 0 Å². The number of nitrogens with one attached hydrogen (secondary N) is 1. The average Bonchev–Trinajstić information content (AvgIpc) is 2.90. The van der Waals surface area contributed by atoms with E-state index >= 15 is 0 Å². The number of nitrogens with zero attached hydrogens (tertiary/aromatic N) is 4. The molecule has 2 aromatic carbocycles. The highest BCUT2D eigenvalue weighted by Crippen LogP contribution is 2.29. The maximum absolute atomic E-state index is 12.5. The fourth-order valence-electron chi connectivity index (χ4n) is 3.61. The highest BCUT2D eigenvalue weighted by Gasteiger charge is 2.35. The van der Waals surface area contributed by atoms with Gasteiger partial charge in [-0.1, -0.05) is 35.3 Å². The molecule has 10 nitrogen and oxygen atoms in total. The minimum atomic E-state index is -1.21. The SMILES string of the molecule is CCOC(=O)c1cnc(Oc2ccc(N=C3NC(=O)N(CC)C(O)N3Cc3ccc(Cl)cc3)cc2)c(Cl)c1. The number of urea groups is 1. The predicted molar refractivity (Wildman–Crippen MR) is 143 cm³/mol. The van der Waals surface area contributed by atoms with Crippen molar-refractivity contribution in [2.45, 2.75) is 26.7 Å². The lowest BCUT2D eigenvalue weighted by Crippen LogP contribution is -2.65. The van der Waals surface area contributed by atoms with Gasteiger partial charge in [-0.3, -0.25) is 15.1 Å². The van der Waals surface area contributed by atoms with Crippen LogP contribution in [0.3, 0.4) is 0 Å². The zero-order valence-corrected chi connectivity index (χ0v) is 22.1.